The number of para-hydroxylation sites is 2. The molecule has 0 aliphatic rings. The van der Waals surface area contributed by atoms with Crippen LogP contribution in [0, 0.1) is 0 Å². The fourth-order valence-corrected chi connectivity index (χ4v) is 4.43. The Kier molecular flexibility index (Phi) is 7.12. The molecule has 0 spiro atoms. The number of imidazole rings is 1. The van der Waals surface area contributed by atoms with E-state index >= 15 is 0 Å². The predicted octanol–water partition coefficient (Wildman–Crippen LogP) is 5.64. The summed E-state index contributed by atoms with van der Waals surface area (Å²) in [4.78, 5) is 17.3. The zero-order chi connectivity index (χ0) is 24.7. The van der Waals surface area contributed by atoms with Gasteiger partial charge in [0.25, 0.3) is 5.91 Å². The first-order valence-corrected chi connectivity index (χ1v) is 12.2. The first-order chi connectivity index (χ1) is 17.7. The highest BCUT2D eigenvalue weighted by Gasteiger charge is 2.12. The van der Waals surface area contributed by atoms with Gasteiger partial charge < -0.3 is 19.4 Å². The van der Waals surface area contributed by atoms with Crippen molar-refractivity contribution in [3.05, 3.63) is 102 Å². The fourth-order valence-electron chi connectivity index (χ4n) is 4.43. The van der Waals surface area contributed by atoms with E-state index in [-0.39, 0.29) is 5.91 Å². The molecule has 0 unspecified atom stereocenters. The van der Waals surface area contributed by atoms with Crippen molar-refractivity contribution in [2.45, 2.75) is 19.4 Å². The van der Waals surface area contributed by atoms with Gasteiger partial charge in [0.1, 0.15) is 23.9 Å². The topological polar surface area (TPSA) is 65.4 Å². The summed E-state index contributed by atoms with van der Waals surface area (Å²) in [6, 6.07) is 29.7. The van der Waals surface area contributed by atoms with Crippen LogP contribution in [-0.2, 0) is 13.0 Å². The molecule has 1 amide bonds. The maximum atomic E-state index is 12.4. The van der Waals surface area contributed by atoms with Crippen LogP contribution >= 0.6 is 0 Å². The molecule has 0 saturated carbocycles. The molecule has 0 aliphatic carbocycles. The molecule has 0 saturated heterocycles. The minimum atomic E-state index is -0.0883. The van der Waals surface area contributed by atoms with Crippen LogP contribution in [0.25, 0.3) is 21.8 Å². The van der Waals surface area contributed by atoms with Crippen molar-refractivity contribution in [2.75, 3.05) is 20.3 Å². The number of aromatic nitrogens is 2. The van der Waals surface area contributed by atoms with Crippen LogP contribution < -0.4 is 14.8 Å². The standard InChI is InChI=1S/C30H29N3O3/c1-35-24-17-15-23(16-18-24)30(34)31-19-7-14-29-32-26-11-4-5-12-27(26)33(29)20-21-36-28-13-6-9-22-8-2-3-10-25(22)28/h2-6,8-13,15-18H,7,14,19-21H2,1H3,(H,31,34). The zero-order valence-electron chi connectivity index (χ0n) is 20.3. The number of benzene rings is 4. The van der Waals surface area contributed by atoms with E-state index in [1.165, 1.54) is 5.39 Å². The molecular formula is C30H29N3O3. The second-order valence-electron chi connectivity index (χ2n) is 8.58. The van der Waals surface area contributed by atoms with Gasteiger partial charge >= 0.3 is 0 Å². The van der Waals surface area contributed by atoms with Crippen LogP contribution in [0.3, 0.4) is 0 Å². The molecule has 0 bridgehead atoms. The number of hydrogen-bond donors (Lipinski definition) is 1. The molecule has 6 heteroatoms. The SMILES string of the molecule is COc1ccc(C(=O)NCCCc2nc3ccccc3n2CCOc2cccc3ccccc23)cc1. The van der Waals surface area contributed by atoms with Crippen molar-refractivity contribution in [3.8, 4) is 11.5 Å². The molecule has 6 nitrogen and oxygen atoms in total. The van der Waals surface area contributed by atoms with Gasteiger partial charge in [0.15, 0.2) is 0 Å². The summed E-state index contributed by atoms with van der Waals surface area (Å²) in [6.07, 6.45) is 1.54. The summed E-state index contributed by atoms with van der Waals surface area (Å²) >= 11 is 0. The van der Waals surface area contributed by atoms with Gasteiger partial charge in [-0.3, -0.25) is 4.79 Å². The molecule has 182 valence electrons. The number of rotatable bonds is 10. The normalized spacial score (nSPS) is 11.0. The van der Waals surface area contributed by atoms with E-state index in [0.29, 0.717) is 25.3 Å². The molecule has 1 heterocycles. The quantitative estimate of drug-likeness (QED) is 0.263. The average molecular weight is 480 g/mol. The van der Waals surface area contributed by atoms with E-state index in [2.05, 4.69) is 34.1 Å². The monoisotopic (exact) mass is 479 g/mol. The molecule has 5 rings (SSSR count). The second-order valence-corrected chi connectivity index (χ2v) is 8.58. The fraction of sp³-hybridized carbons (Fsp3) is 0.200. The molecule has 4 aromatic carbocycles. The number of ether oxygens (including phenoxy) is 2. The highest BCUT2D eigenvalue weighted by atomic mass is 16.5. The molecule has 0 radical (unpaired) electrons. The number of fused-ring (bicyclic) bond motifs is 2. The van der Waals surface area contributed by atoms with Crippen molar-refractivity contribution >= 4 is 27.7 Å². The number of nitrogens with zero attached hydrogens (tertiary/aromatic N) is 2. The van der Waals surface area contributed by atoms with Gasteiger partial charge in [-0.2, -0.15) is 0 Å². The Morgan fingerprint density at radius 2 is 1.69 bits per heavy atom. The Morgan fingerprint density at radius 3 is 2.56 bits per heavy atom. The number of methoxy groups -OCH3 is 1. The highest BCUT2D eigenvalue weighted by molar-refractivity contribution is 5.94. The third-order valence-electron chi connectivity index (χ3n) is 6.27. The lowest BCUT2D eigenvalue weighted by Crippen LogP contribution is -2.25. The highest BCUT2D eigenvalue weighted by Crippen LogP contribution is 2.25. The Bertz CT molecular complexity index is 1470. The van der Waals surface area contributed by atoms with Gasteiger partial charge in [-0.05, 0) is 54.3 Å². The lowest BCUT2D eigenvalue weighted by Gasteiger charge is -2.13. The lowest BCUT2D eigenvalue weighted by molar-refractivity contribution is 0.0953. The number of nitrogens with one attached hydrogen (secondary N) is 1. The molecule has 1 N–H and O–H groups in total. The van der Waals surface area contributed by atoms with E-state index < -0.39 is 0 Å². The van der Waals surface area contributed by atoms with Crippen LogP contribution in [0.5, 0.6) is 11.5 Å². The number of amides is 1. The van der Waals surface area contributed by atoms with Gasteiger partial charge in [-0.25, -0.2) is 4.98 Å². The maximum Gasteiger partial charge on any atom is 0.251 e. The van der Waals surface area contributed by atoms with E-state index in [4.69, 9.17) is 14.5 Å². The summed E-state index contributed by atoms with van der Waals surface area (Å²) < 4.78 is 13.6. The number of hydrogen-bond acceptors (Lipinski definition) is 4. The van der Waals surface area contributed by atoms with E-state index in [9.17, 15) is 4.79 Å². The van der Waals surface area contributed by atoms with Crippen molar-refractivity contribution in [3.63, 3.8) is 0 Å². The summed E-state index contributed by atoms with van der Waals surface area (Å²) in [6.45, 7) is 1.80. The van der Waals surface area contributed by atoms with Gasteiger partial charge in [-0.15, -0.1) is 0 Å². The summed E-state index contributed by atoms with van der Waals surface area (Å²) in [7, 11) is 1.61. The smallest absolute Gasteiger partial charge is 0.251 e. The minimum Gasteiger partial charge on any atom is -0.497 e. The lowest BCUT2D eigenvalue weighted by atomic mass is 10.1. The first kappa shape index (κ1) is 23.4. The third-order valence-corrected chi connectivity index (χ3v) is 6.27. The molecule has 0 fully saturated rings. The van der Waals surface area contributed by atoms with Crippen molar-refractivity contribution in [1.29, 1.82) is 0 Å². The largest absolute Gasteiger partial charge is 0.497 e. The van der Waals surface area contributed by atoms with Crippen molar-refractivity contribution < 1.29 is 14.3 Å². The van der Waals surface area contributed by atoms with E-state index in [1.807, 2.05) is 42.5 Å². The zero-order valence-corrected chi connectivity index (χ0v) is 20.3. The van der Waals surface area contributed by atoms with Crippen molar-refractivity contribution in [1.82, 2.24) is 14.9 Å². The maximum absolute atomic E-state index is 12.4. The van der Waals surface area contributed by atoms with E-state index in [1.54, 1.807) is 31.4 Å². The second kappa shape index (κ2) is 11.0. The Morgan fingerprint density at radius 1 is 0.917 bits per heavy atom. The van der Waals surface area contributed by atoms with Gasteiger partial charge in [0.2, 0.25) is 0 Å². The Hall–Kier alpha value is -4.32. The molecule has 5 aromatic rings. The summed E-state index contributed by atoms with van der Waals surface area (Å²) in [5, 5.41) is 5.28. The molecule has 36 heavy (non-hydrogen) atoms. The first-order valence-electron chi connectivity index (χ1n) is 12.2. The molecule has 0 atom stereocenters. The number of carbonyl (C=O) groups excluding carboxylic acids is 1. The predicted molar refractivity (Wildman–Crippen MR) is 143 cm³/mol. The molecular weight excluding hydrogens is 450 g/mol. The van der Waals surface area contributed by atoms with Crippen LogP contribution in [0.4, 0.5) is 0 Å². The van der Waals surface area contributed by atoms with Crippen LogP contribution in [0.15, 0.2) is 91.0 Å². The minimum absolute atomic E-state index is 0.0883. The molecule has 0 aliphatic heterocycles. The van der Waals surface area contributed by atoms with Crippen LogP contribution in [0.1, 0.15) is 22.6 Å². The van der Waals surface area contributed by atoms with Gasteiger partial charge in [0, 0.05) is 23.9 Å². The molecule has 1 aromatic heterocycles. The number of aryl methyl sites for hydroxylation is 1. The van der Waals surface area contributed by atoms with Crippen molar-refractivity contribution in [2.24, 2.45) is 0 Å². The summed E-state index contributed by atoms with van der Waals surface area (Å²) in [5.74, 6) is 2.53. The summed E-state index contributed by atoms with van der Waals surface area (Å²) in [5.41, 5.74) is 2.69. The number of carbonyl (C=O) groups is 1. The Labute approximate surface area is 210 Å². The van der Waals surface area contributed by atoms with E-state index in [0.717, 1.165) is 46.6 Å². The third kappa shape index (κ3) is 5.18. The van der Waals surface area contributed by atoms with Gasteiger partial charge in [-0.1, -0.05) is 48.5 Å². The average Bonchev–Trinajstić information content (AvgIpc) is 3.28. The Balaban J connectivity index is 1.22. The van der Waals surface area contributed by atoms with Crippen LogP contribution in [-0.4, -0.2) is 35.7 Å². The van der Waals surface area contributed by atoms with Gasteiger partial charge in [0.05, 0.1) is 24.7 Å². The van der Waals surface area contributed by atoms with Crippen LogP contribution in [0.2, 0.25) is 0 Å².